The molecule has 0 unspecified atom stereocenters. The number of rotatable bonds is 3. The molecule has 21 heavy (non-hydrogen) atoms. The van der Waals surface area contributed by atoms with Crippen molar-refractivity contribution in [3.63, 3.8) is 0 Å². The lowest BCUT2D eigenvalue weighted by molar-refractivity contribution is 0.434. The van der Waals surface area contributed by atoms with Gasteiger partial charge in [0.05, 0.1) is 28.9 Å². The molecule has 0 radical (unpaired) electrons. The van der Waals surface area contributed by atoms with Crippen molar-refractivity contribution in [2.24, 2.45) is 0 Å². The van der Waals surface area contributed by atoms with Crippen molar-refractivity contribution in [2.75, 3.05) is 24.6 Å². The quantitative estimate of drug-likeness (QED) is 0.808. The Hall–Kier alpha value is -1.43. The van der Waals surface area contributed by atoms with Crippen LogP contribution in [0.2, 0.25) is 0 Å². The number of sulfonamides is 1. The Morgan fingerprint density at radius 1 is 1.14 bits per heavy atom. The number of hydrogen-bond acceptors (Lipinski definition) is 5. The Kier molecular flexibility index (Phi) is 4.66. The van der Waals surface area contributed by atoms with E-state index in [9.17, 15) is 16.8 Å². The summed E-state index contributed by atoms with van der Waals surface area (Å²) in [4.78, 5) is 0.128. The molecular weight excluding hydrogens is 312 g/mol. The van der Waals surface area contributed by atoms with Crippen LogP contribution in [0.4, 0.5) is 0 Å². The first-order valence-electron chi connectivity index (χ1n) is 6.52. The Morgan fingerprint density at radius 3 is 2.43 bits per heavy atom. The number of nitriles is 1. The second-order valence-corrected chi connectivity index (χ2v) is 9.13. The van der Waals surface area contributed by atoms with Crippen LogP contribution in [-0.2, 0) is 26.3 Å². The van der Waals surface area contributed by atoms with Gasteiger partial charge < -0.3 is 0 Å². The first-order valence-corrected chi connectivity index (χ1v) is 9.78. The molecule has 1 saturated heterocycles. The minimum Gasteiger partial charge on any atom is -0.229 e. The molecule has 0 saturated carbocycles. The zero-order chi connectivity index (χ0) is 15.5. The molecule has 6 nitrogen and oxygen atoms in total. The molecule has 1 aliphatic heterocycles. The summed E-state index contributed by atoms with van der Waals surface area (Å²) in [6, 6.07) is 8.12. The first kappa shape index (κ1) is 15.9. The summed E-state index contributed by atoms with van der Waals surface area (Å²) in [7, 11) is -6.83. The van der Waals surface area contributed by atoms with Gasteiger partial charge in [-0.15, -0.1) is 0 Å². The summed E-state index contributed by atoms with van der Waals surface area (Å²) in [5.74, 6) is -0.112. The Bertz CT molecular complexity index is 746. The molecule has 0 bridgehead atoms. The second kappa shape index (κ2) is 6.13. The largest absolute Gasteiger partial charge is 0.243 e. The van der Waals surface area contributed by atoms with Gasteiger partial charge in [0.2, 0.25) is 10.0 Å². The fourth-order valence-corrected chi connectivity index (χ4v) is 5.04. The predicted molar refractivity (Wildman–Crippen MR) is 77.8 cm³/mol. The van der Waals surface area contributed by atoms with Crippen LogP contribution in [-0.4, -0.2) is 45.7 Å². The van der Waals surface area contributed by atoms with Crippen LogP contribution in [0.5, 0.6) is 0 Å². The van der Waals surface area contributed by atoms with Gasteiger partial charge in [-0.3, -0.25) is 0 Å². The summed E-state index contributed by atoms with van der Waals surface area (Å²) in [6.07, 6.45) is 0.538. The zero-order valence-corrected chi connectivity index (χ0v) is 13.0. The third kappa shape index (κ3) is 3.81. The minimum atomic E-state index is -3.68. The van der Waals surface area contributed by atoms with Crippen LogP contribution in [0.3, 0.4) is 0 Å². The summed E-state index contributed by atoms with van der Waals surface area (Å²) in [5, 5.41) is 8.60. The van der Waals surface area contributed by atoms with Crippen LogP contribution in [0.1, 0.15) is 12.0 Å². The summed E-state index contributed by atoms with van der Waals surface area (Å²) in [6.45, 7) is 0.201. The highest BCUT2D eigenvalue weighted by molar-refractivity contribution is 7.91. The van der Waals surface area contributed by atoms with E-state index < -0.39 is 19.9 Å². The van der Waals surface area contributed by atoms with Crippen molar-refractivity contribution < 1.29 is 16.8 Å². The lowest BCUT2D eigenvalue weighted by Crippen LogP contribution is -2.33. The van der Waals surface area contributed by atoms with Gasteiger partial charge in [-0.1, -0.05) is 12.1 Å². The first-order chi connectivity index (χ1) is 9.85. The molecule has 2 rings (SSSR count). The summed E-state index contributed by atoms with van der Waals surface area (Å²) >= 11 is 0. The lowest BCUT2D eigenvalue weighted by atomic mass is 10.2. The highest BCUT2D eigenvalue weighted by Gasteiger charge is 2.28. The van der Waals surface area contributed by atoms with Crippen LogP contribution < -0.4 is 0 Å². The molecule has 0 aliphatic carbocycles. The van der Waals surface area contributed by atoms with Crippen LogP contribution in [0, 0.1) is 11.3 Å². The van der Waals surface area contributed by atoms with Crippen LogP contribution in [0.15, 0.2) is 29.2 Å². The van der Waals surface area contributed by atoms with Gasteiger partial charge >= 0.3 is 0 Å². The van der Waals surface area contributed by atoms with Crippen molar-refractivity contribution >= 4 is 19.9 Å². The summed E-state index contributed by atoms with van der Waals surface area (Å²) < 4.78 is 49.3. The van der Waals surface area contributed by atoms with Gasteiger partial charge in [-0.05, 0) is 24.1 Å². The SMILES string of the molecule is N#CCc1ccc(S(=O)(=O)N2CCCS(=O)(=O)CC2)cc1. The highest BCUT2D eigenvalue weighted by Crippen LogP contribution is 2.19. The molecule has 0 aromatic heterocycles. The van der Waals surface area contributed by atoms with E-state index >= 15 is 0 Å². The maximum absolute atomic E-state index is 12.5. The number of benzene rings is 1. The molecule has 8 heteroatoms. The molecule has 1 aromatic rings. The van der Waals surface area contributed by atoms with Crippen molar-refractivity contribution in [3.05, 3.63) is 29.8 Å². The third-order valence-corrected chi connectivity index (χ3v) is 6.99. The zero-order valence-electron chi connectivity index (χ0n) is 11.4. The van der Waals surface area contributed by atoms with E-state index in [2.05, 4.69) is 0 Å². The van der Waals surface area contributed by atoms with E-state index in [4.69, 9.17) is 5.26 Å². The van der Waals surface area contributed by atoms with E-state index in [1.807, 2.05) is 6.07 Å². The van der Waals surface area contributed by atoms with E-state index in [-0.39, 0.29) is 35.9 Å². The Labute approximate surface area is 125 Å². The second-order valence-electron chi connectivity index (χ2n) is 4.89. The molecule has 1 fully saturated rings. The number of nitrogens with zero attached hydrogens (tertiary/aromatic N) is 2. The van der Waals surface area contributed by atoms with E-state index in [1.54, 1.807) is 12.1 Å². The lowest BCUT2D eigenvalue weighted by Gasteiger charge is -2.19. The molecule has 1 heterocycles. The Balaban J connectivity index is 2.23. The molecule has 114 valence electrons. The molecular formula is C13H16N2O4S2. The standard InChI is InChI=1S/C13H16N2O4S2/c14-7-6-12-2-4-13(5-3-12)21(18,19)15-8-1-10-20(16,17)11-9-15/h2-5H,1,6,8-11H2. The van der Waals surface area contributed by atoms with Gasteiger partial charge in [0, 0.05) is 13.1 Å². The van der Waals surface area contributed by atoms with Gasteiger partial charge in [0.25, 0.3) is 0 Å². The smallest absolute Gasteiger partial charge is 0.229 e. The third-order valence-electron chi connectivity index (χ3n) is 3.36. The molecule has 1 aromatic carbocycles. The molecule has 0 atom stereocenters. The van der Waals surface area contributed by atoms with Crippen molar-refractivity contribution in [2.45, 2.75) is 17.7 Å². The van der Waals surface area contributed by atoms with Gasteiger partial charge in [0.15, 0.2) is 9.84 Å². The van der Waals surface area contributed by atoms with Gasteiger partial charge in [-0.2, -0.15) is 9.57 Å². The maximum Gasteiger partial charge on any atom is 0.243 e. The fourth-order valence-electron chi connectivity index (χ4n) is 2.18. The number of hydrogen-bond donors (Lipinski definition) is 0. The molecule has 0 N–H and O–H groups in total. The average molecular weight is 328 g/mol. The number of sulfone groups is 1. The summed E-state index contributed by atoms with van der Waals surface area (Å²) in [5.41, 5.74) is 0.745. The van der Waals surface area contributed by atoms with Crippen LogP contribution >= 0.6 is 0 Å². The monoisotopic (exact) mass is 328 g/mol. The van der Waals surface area contributed by atoms with Crippen LogP contribution in [0.25, 0.3) is 0 Å². The van der Waals surface area contributed by atoms with E-state index in [0.29, 0.717) is 6.42 Å². The molecule has 0 amide bonds. The molecule has 1 aliphatic rings. The predicted octanol–water partition coefficient (Wildman–Crippen LogP) is 0.562. The van der Waals surface area contributed by atoms with Crippen molar-refractivity contribution in [1.29, 1.82) is 5.26 Å². The fraction of sp³-hybridized carbons (Fsp3) is 0.462. The minimum absolute atomic E-state index is 0.00931. The van der Waals surface area contributed by atoms with Crippen molar-refractivity contribution in [3.8, 4) is 6.07 Å². The van der Waals surface area contributed by atoms with Crippen molar-refractivity contribution in [1.82, 2.24) is 4.31 Å². The Morgan fingerprint density at radius 2 is 1.81 bits per heavy atom. The average Bonchev–Trinajstić information content (AvgIpc) is 2.61. The highest BCUT2D eigenvalue weighted by atomic mass is 32.2. The normalized spacial score (nSPS) is 19.6. The van der Waals surface area contributed by atoms with Gasteiger partial charge in [0.1, 0.15) is 0 Å². The topological polar surface area (TPSA) is 95.3 Å². The van der Waals surface area contributed by atoms with Gasteiger partial charge in [-0.25, -0.2) is 16.8 Å². The molecule has 0 spiro atoms. The van der Waals surface area contributed by atoms with E-state index in [1.165, 1.54) is 16.4 Å². The maximum atomic E-state index is 12.5. The van der Waals surface area contributed by atoms with E-state index in [0.717, 1.165) is 5.56 Å².